The van der Waals surface area contributed by atoms with Gasteiger partial charge >= 0.3 is 5.97 Å². The average Bonchev–Trinajstić information content (AvgIpc) is 3.06. The molecule has 1 amide bonds. The van der Waals surface area contributed by atoms with Gasteiger partial charge in [0.25, 0.3) is 0 Å². The van der Waals surface area contributed by atoms with Gasteiger partial charge in [0.2, 0.25) is 5.91 Å². The van der Waals surface area contributed by atoms with Gasteiger partial charge in [-0.1, -0.05) is 29.8 Å². The molecule has 140 valence electrons. The molecular formula is C20H20ClN3O3. The third kappa shape index (κ3) is 5.09. The number of aromatic amines is 1. The minimum Gasteiger partial charge on any atom is -0.480 e. The first kappa shape index (κ1) is 18.9. The lowest BCUT2D eigenvalue weighted by molar-refractivity contribution is -0.141. The number of rotatable bonds is 8. The number of H-pyrrole nitrogens is 1. The lowest BCUT2D eigenvalue weighted by Gasteiger charge is -2.14. The first-order valence-corrected chi connectivity index (χ1v) is 8.97. The average molecular weight is 386 g/mol. The highest BCUT2D eigenvalue weighted by Crippen LogP contribution is 2.18. The van der Waals surface area contributed by atoms with Crippen LogP contribution < -0.4 is 10.6 Å². The molecule has 3 aromatic rings. The Hall–Kier alpha value is -2.83. The summed E-state index contributed by atoms with van der Waals surface area (Å²) in [6.45, 7) is 0.451. The summed E-state index contributed by atoms with van der Waals surface area (Å²) in [7, 11) is 0. The Bertz CT molecular complexity index is 937. The summed E-state index contributed by atoms with van der Waals surface area (Å²) in [6.07, 6.45) is 2.42. The molecule has 0 saturated heterocycles. The monoisotopic (exact) mass is 385 g/mol. The SMILES string of the molecule is O=C(CC(NCCc1c[nH]c2ccccc12)C(=O)O)Nc1ccc(Cl)cc1. The van der Waals surface area contributed by atoms with E-state index in [2.05, 4.69) is 15.6 Å². The van der Waals surface area contributed by atoms with Gasteiger partial charge in [-0.2, -0.15) is 0 Å². The molecule has 1 atom stereocenters. The molecule has 0 saturated carbocycles. The number of hydrogen-bond acceptors (Lipinski definition) is 3. The van der Waals surface area contributed by atoms with Crippen LogP contribution in [0.4, 0.5) is 5.69 Å². The molecule has 0 radical (unpaired) electrons. The van der Waals surface area contributed by atoms with Crippen molar-refractivity contribution in [2.75, 3.05) is 11.9 Å². The maximum Gasteiger partial charge on any atom is 0.321 e. The Balaban J connectivity index is 1.53. The number of halogens is 1. The van der Waals surface area contributed by atoms with Gasteiger partial charge in [-0.15, -0.1) is 0 Å². The lowest BCUT2D eigenvalue weighted by atomic mass is 10.1. The quantitative estimate of drug-likeness (QED) is 0.477. The van der Waals surface area contributed by atoms with E-state index in [1.807, 2.05) is 30.5 Å². The molecule has 1 aromatic heterocycles. The van der Waals surface area contributed by atoms with Crippen LogP contribution in [0.5, 0.6) is 0 Å². The number of hydrogen-bond donors (Lipinski definition) is 4. The van der Waals surface area contributed by atoms with Crippen LogP contribution in [0.25, 0.3) is 10.9 Å². The van der Waals surface area contributed by atoms with E-state index in [1.165, 1.54) is 0 Å². The molecule has 0 aliphatic heterocycles. The number of para-hydroxylation sites is 1. The van der Waals surface area contributed by atoms with Crippen LogP contribution >= 0.6 is 11.6 Å². The largest absolute Gasteiger partial charge is 0.480 e. The fourth-order valence-electron chi connectivity index (χ4n) is 2.90. The Labute approximate surface area is 161 Å². The molecule has 4 N–H and O–H groups in total. The number of carboxylic acids is 1. The van der Waals surface area contributed by atoms with Crippen molar-refractivity contribution in [2.45, 2.75) is 18.9 Å². The van der Waals surface area contributed by atoms with Crippen LogP contribution in [0, 0.1) is 0 Å². The number of carboxylic acid groups (broad SMARTS) is 1. The molecule has 27 heavy (non-hydrogen) atoms. The molecule has 0 spiro atoms. The Morgan fingerprint density at radius 3 is 2.59 bits per heavy atom. The number of aliphatic carboxylic acids is 1. The van der Waals surface area contributed by atoms with E-state index >= 15 is 0 Å². The van der Waals surface area contributed by atoms with Crippen LogP contribution in [0.15, 0.2) is 54.7 Å². The zero-order valence-electron chi connectivity index (χ0n) is 14.5. The fraction of sp³-hybridized carbons (Fsp3) is 0.200. The van der Waals surface area contributed by atoms with E-state index in [4.69, 9.17) is 11.6 Å². The highest BCUT2D eigenvalue weighted by molar-refractivity contribution is 6.30. The van der Waals surface area contributed by atoms with E-state index in [0.29, 0.717) is 23.7 Å². The summed E-state index contributed by atoms with van der Waals surface area (Å²) in [5, 5.41) is 16.7. The first-order valence-electron chi connectivity index (χ1n) is 8.59. The second-order valence-electron chi connectivity index (χ2n) is 6.21. The van der Waals surface area contributed by atoms with E-state index in [9.17, 15) is 14.7 Å². The molecule has 1 heterocycles. The van der Waals surface area contributed by atoms with Crippen molar-refractivity contribution in [3.63, 3.8) is 0 Å². The minimum absolute atomic E-state index is 0.161. The summed E-state index contributed by atoms with van der Waals surface area (Å²) >= 11 is 5.81. The number of anilines is 1. The summed E-state index contributed by atoms with van der Waals surface area (Å²) in [5.74, 6) is -1.43. The van der Waals surface area contributed by atoms with E-state index < -0.39 is 12.0 Å². The zero-order valence-corrected chi connectivity index (χ0v) is 15.3. The van der Waals surface area contributed by atoms with Crippen molar-refractivity contribution in [1.82, 2.24) is 10.3 Å². The maximum absolute atomic E-state index is 12.1. The van der Waals surface area contributed by atoms with E-state index in [-0.39, 0.29) is 12.3 Å². The first-order chi connectivity index (χ1) is 13.0. The van der Waals surface area contributed by atoms with Crippen LogP contribution in [0.3, 0.4) is 0 Å². The second kappa shape index (κ2) is 8.70. The Morgan fingerprint density at radius 2 is 1.85 bits per heavy atom. The number of carbonyl (C=O) groups is 2. The zero-order chi connectivity index (χ0) is 19.2. The van der Waals surface area contributed by atoms with E-state index in [0.717, 1.165) is 16.5 Å². The normalized spacial score (nSPS) is 12.0. The van der Waals surface area contributed by atoms with Crippen molar-refractivity contribution in [3.8, 4) is 0 Å². The molecule has 1 unspecified atom stereocenters. The van der Waals surface area contributed by atoms with Gasteiger partial charge < -0.3 is 20.7 Å². The molecular weight excluding hydrogens is 366 g/mol. The van der Waals surface area contributed by atoms with Gasteiger partial charge in [-0.3, -0.25) is 9.59 Å². The number of fused-ring (bicyclic) bond motifs is 1. The molecule has 3 rings (SSSR count). The van der Waals surface area contributed by atoms with Crippen molar-refractivity contribution >= 4 is 40.1 Å². The number of carbonyl (C=O) groups excluding carboxylic acids is 1. The third-order valence-corrected chi connectivity index (χ3v) is 4.53. The van der Waals surface area contributed by atoms with Gasteiger partial charge in [-0.25, -0.2) is 0 Å². The number of aromatic nitrogens is 1. The number of nitrogens with one attached hydrogen (secondary N) is 3. The number of benzene rings is 2. The predicted octanol–water partition coefficient (Wildman–Crippen LogP) is 3.44. The summed E-state index contributed by atoms with van der Waals surface area (Å²) < 4.78 is 0. The van der Waals surface area contributed by atoms with Crippen molar-refractivity contribution in [1.29, 1.82) is 0 Å². The van der Waals surface area contributed by atoms with Gasteiger partial charge in [0.15, 0.2) is 0 Å². The molecule has 0 aliphatic carbocycles. The number of amides is 1. The van der Waals surface area contributed by atoms with Crippen molar-refractivity contribution in [3.05, 3.63) is 65.3 Å². The third-order valence-electron chi connectivity index (χ3n) is 4.28. The standard InChI is InChI=1S/C20H20ClN3O3/c21-14-5-7-15(8-6-14)24-19(25)11-18(20(26)27)22-10-9-13-12-23-17-4-2-1-3-16(13)17/h1-8,12,18,22-23H,9-11H2,(H,24,25)(H,26,27). The fourth-order valence-corrected chi connectivity index (χ4v) is 3.02. The highest BCUT2D eigenvalue weighted by atomic mass is 35.5. The minimum atomic E-state index is -1.06. The van der Waals surface area contributed by atoms with Gasteiger partial charge in [0.05, 0.1) is 6.42 Å². The molecule has 0 bridgehead atoms. The summed E-state index contributed by atoms with van der Waals surface area (Å²) in [4.78, 5) is 26.8. The van der Waals surface area contributed by atoms with Crippen LogP contribution in [0.1, 0.15) is 12.0 Å². The highest BCUT2D eigenvalue weighted by Gasteiger charge is 2.20. The van der Waals surface area contributed by atoms with Crippen LogP contribution in [0.2, 0.25) is 5.02 Å². The smallest absolute Gasteiger partial charge is 0.321 e. The van der Waals surface area contributed by atoms with Crippen LogP contribution in [-0.4, -0.2) is 34.6 Å². The molecule has 7 heteroatoms. The Kier molecular flexibility index (Phi) is 6.11. The van der Waals surface area contributed by atoms with E-state index in [1.54, 1.807) is 24.3 Å². The van der Waals surface area contributed by atoms with Gasteiger partial charge in [0.1, 0.15) is 6.04 Å². The Morgan fingerprint density at radius 1 is 1.11 bits per heavy atom. The molecule has 0 aliphatic rings. The second-order valence-corrected chi connectivity index (χ2v) is 6.65. The topological polar surface area (TPSA) is 94.2 Å². The van der Waals surface area contributed by atoms with Crippen molar-refractivity contribution < 1.29 is 14.7 Å². The predicted molar refractivity (Wildman–Crippen MR) is 106 cm³/mol. The maximum atomic E-state index is 12.1. The van der Waals surface area contributed by atoms with Crippen molar-refractivity contribution in [2.24, 2.45) is 0 Å². The van der Waals surface area contributed by atoms with Gasteiger partial charge in [0, 0.05) is 34.4 Å². The summed E-state index contributed by atoms with van der Waals surface area (Å²) in [5.41, 5.74) is 2.73. The van der Waals surface area contributed by atoms with Gasteiger partial charge in [-0.05, 0) is 42.3 Å². The molecule has 2 aromatic carbocycles. The lowest BCUT2D eigenvalue weighted by Crippen LogP contribution is -2.40. The summed E-state index contributed by atoms with van der Waals surface area (Å²) in [6, 6.07) is 13.6. The molecule has 6 nitrogen and oxygen atoms in total. The molecule has 0 fully saturated rings. The van der Waals surface area contributed by atoms with Crippen LogP contribution in [-0.2, 0) is 16.0 Å².